The van der Waals surface area contributed by atoms with Crippen molar-refractivity contribution in [1.29, 1.82) is 0 Å². The number of carboxylic acid groups (broad SMARTS) is 1. The molecular weight excluding hydrogens is 444 g/mol. The zero-order valence-electron chi connectivity index (χ0n) is 17.6. The molecule has 5 rings (SSSR count). The average Bonchev–Trinajstić information content (AvgIpc) is 3.10. The lowest BCUT2D eigenvalue weighted by Gasteiger charge is -2.27. The molecule has 4 aromatic rings. The van der Waals surface area contributed by atoms with Gasteiger partial charge in [0.2, 0.25) is 0 Å². The molecule has 1 aliphatic heterocycles. The Bertz CT molecular complexity index is 1390. The highest BCUT2D eigenvalue weighted by atomic mass is 35.5. The van der Waals surface area contributed by atoms with Gasteiger partial charge in [-0.1, -0.05) is 23.7 Å². The van der Waals surface area contributed by atoms with E-state index in [1.807, 2.05) is 12.1 Å². The predicted octanol–water partition coefficient (Wildman–Crippen LogP) is 3.42. The lowest BCUT2D eigenvalue weighted by atomic mass is 10.1. The second-order valence-corrected chi connectivity index (χ2v) is 8.25. The first-order valence-corrected chi connectivity index (χ1v) is 10.9. The van der Waals surface area contributed by atoms with Crippen LogP contribution < -0.4 is 10.6 Å². The molecule has 0 amide bonds. The summed E-state index contributed by atoms with van der Waals surface area (Å²) in [6.45, 7) is 3.10. The third kappa shape index (κ3) is 4.10. The number of rotatable bonds is 5. The van der Waals surface area contributed by atoms with E-state index >= 15 is 0 Å². The van der Waals surface area contributed by atoms with Gasteiger partial charge >= 0.3 is 11.7 Å². The second kappa shape index (κ2) is 8.73. The number of nitrogens with zero attached hydrogens (tertiary/aromatic N) is 4. The van der Waals surface area contributed by atoms with Crippen LogP contribution in [0.2, 0.25) is 5.02 Å². The van der Waals surface area contributed by atoms with E-state index in [1.165, 1.54) is 6.07 Å². The molecule has 2 aromatic carbocycles. The lowest BCUT2D eigenvalue weighted by molar-refractivity contribution is 0.0696. The molecule has 0 spiro atoms. The quantitative estimate of drug-likeness (QED) is 0.486. The minimum atomic E-state index is -1.01. The molecule has 3 heterocycles. The zero-order chi connectivity index (χ0) is 22.9. The maximum absolute atomic E-state index is 13.5. The maximum Gasteiger partial charge on any atom is 0.335 e. The Hall–Kier alpha value is -3.62. The van der Waals surface area contributed by atoms with E-state index in [2.05, 4.69) is 9.88 Å². The summed E-state index contributed by atoms with van der Waals surface area (Å²) in [4.78, 5) is 31.6. The highest BCUT2D eigenvalue weighted by Crippen LogP contribution is 2.23. The standard InChI is InChI=1S/C24H21ClN4O4/c25-18-4-6-20-21(13-18)29(19-5-7-22(26-14-19)27-8-10-33-11-9-27)24(32)28(20)15-16-2-1-3-17(12-16)23(30)31/h1-7,12-14H,8-11,15H2,(H,30,31). The summed E-state index contributed by atoms with van der Waals surface area (Å²) >= 11 is 6.26. The molecule has 1 saturated heterocycles. The second-order valence-electron chi connectivity index (χ2n) is 7.82. The smallest absolute Gasteiger partial charge is 0.335 e. The number of fused-ring (bicyclic) bond motifs is 1. The highest BCUT2D eigenvalue weighted by Gasteiger charge is 2.18. The van der Waals surface area contributed by atoms with Crippen molar-refractivity contribution in [2.45, 2.75) is 6.54 Å². The molecule has 1 fully saturated rings. The van der Waals surface area contributed by atoms with Gasteiger partial charge < -0.3 is 14.7 Å². The summed E-state index contributed by atoms with van der Waals surface area (Å²) in [5, 5.41) is 9.81. The number of ether oxygens (including phenoxy) is 1. The number of halogens is 1. The first-order chi connectivity index (χ1) is 16.0. The molecular formula is C24H21ClN4O4. The summed E-state index contributed by atoms with van der Waals surface area (Å²) in [5.74, 6) is -0.174. The number of anilines is 1. The number of imidazole rings is 1. The first-order valence-electron chi connectivity index (χ1n) is 10.5. The fourth-order valence-electron chi connectivity index (χ4n) is 4.11. The van der Waals surface area contributed by atoms with Crippen LogP contribution in [0.5, 0.6) is 0 Å². The van der Waals surface area contributed by atoms with Gasteiger partial charge in [0.1, 0.15) is 5.82 Å². The van der Waals surface area contributed by atoms with E-state index in [-0.39, 0.29) is 17.8 Å². The van der Waals surface area contributed by atoms with Crippen LogP contribution in [0, 0.1) is 0 Å². The Labute approximate surface area is 194 Å². The van der Waals surface area contributed by atoms with Crippen LogP contribution in [0.1, 0.15) is 15.9 Å². The van der Waals surface area contributed by atoms with Gasteiger partial charge in [-0.25, -0.2) is 14.6 Å². The molecule has 168 valence electrons. The summed E-state index contributed by atoms with van der Waals surface area (Å²) in [7, 11) is 0. The Morgan fingerprint density at radius 2 is 1.88 bits per heavy atom. The summed E-state index contributed by atoms with van der Waals surface area (Å²) in [5.41, 5.74) is 2.61. The number of carbonyl (C=O) groups is 1. The molecule has 0 bridgehead atoms. The minimum absolute atomic E-state index is 0.176. The number of aromatic nitrogens is 3. The highest BCUT2D eigenvalue weighted by molar-refractivity contribution is 6.31. The van der Waals surface area contributed by atoms with E-state index in [4.69, 9.17) is 16.3 Å². The van der Waals surface area contributed by atoms with E-state index in [0.29, 0.717) is 40.5 Å². The number of benzene rings is 2. The van der Waals surface area contributed by atoms with Gasteiger partial charge in [0.15, 0.2) is 0 Å². The largest absolute Gasteiger partial charge is 0.478 e. The van der Waals surface area contributed by atoms with Crippen LogP contribution in [-0.4, -0.2) is 51.5 Å². The van der Waals surface area contributed by atoms with Crippen molar-refractivity contribution in [3.05, 3.63) is 87.4 Å². The van der Waals surface area contributed by atoms with Crippen LogP contribution >= 0.6 is 11.6 Å². The number of aromatic carboxylic acids is 1. The van der Waals surface area contributed by atoms with Gasteiger partial charge in [-0.05, 0) is 48.0 Å². The van der Waals surface area contributed by atoms with Gasteiger partial charge in [0.05, 0.1) is 48.2 Å². The number of pyridine rings is 1. The first kappa shape index (κ1) is 21.2. The van der Waals surface area contributed by atoms with Gasteiger partial charge in [-0.15, -0.1) is 0 Å². The van der Waals surface area contributed by atoms with Gasteiger partial charge in [-0.3, -0.25) is 9.13 Å². The van der Waals surface area contributed by atoms with Crippen molar-refractivity contribution in [3.63, 3.8) is 0 Å². The van der Waals surface area contributed by atoms with E-state index in [1.54, 1.807) is 51.7 Å². The number of hydrogen-bond donors (Lipinski definition) is 1. The fourth-order valence-corrected chi connectivity index (χ4v) is 4.27. The third-order valence-corrected chi connectivity index (χ3v) is 5.97. The molecule has 0 atom stereocenters. The van der Waals surface area contributed by atoms with E-state index < -0.39 is 5.97 Å². The Morgan fingerprint density at radius 3 is 2.61 bits per heavy atom. The van der Waals surface area contributed by atoms with Crippen molar-refractivity contribution in [3.8, 4) is 5.69 Å². The molecule has 9 heteroatoms. The van der Waals surface area contributed by atoms with Crippen LogP contribution in [0.4, 0.5) is 5.82 Å². The normalized spacial score (nSPS) is 14.0. The van der Waals surface area contributed by atoms with Gasteiger partial charge in [0.25, 0.3) is 0 Å². The van der Waals surface area contributed by atoms with E-state index in [9.17, 15) is 14.7 Å². The zero-order valence-corrected chi connectivity index (χ0v) is 18.4. The van der Waals surface area contributed by atoms with E-state index in [0.717, 1.165) is 18.9 Å². The molecule has 0 radical (unpaired) electrons. The fraction of sp³-hybridized carbons (Fsp3) is 0.208. The molecule has 8 nitrogen and oxygen atoms in total. The Balaban J connectivity index is 1.58. The van der Waals surface area contributed by atoms with Crippen LogP contribution in [0.25, 0.3) is 16.7 Å². The molecule has 1 aliphatic rings. The lowest BCUT2D eigenvalue weighted by Crippen LogP contribution is -2.36. The van der Waals surface area contributed by atoms with Crippen molar-refractivity contribution in [2.75, 3.05) is 31.2 Å². The third-order valence-electron chi connectivity index (χ3n) is 5.73. The maximum atomic E-state index is 13.5. The van der Waals surface area contributed by atoms with Crippen LogP contribution in [0.15, 0.2) is 65.6 Å². The average molecular weight is 465 g/mol. The number of morpholine rings is 1. The Kier molecular flexibility index (Phi) is 5.62. The topological polar surface area (TPSA) is 89.6 Å². The van der Waals surface area contributed by atoms with Crippen molar-refractivity contribution >= 4 is 34.4 Å². The summed E-state index contributed by atoms with van der Waals surface area (Å²) in [6.07, 6.45) is 1.68. The molecule has 33 heavy (non-hydrogen) atoms. The SMILES string of the molecule is O=C(O)c1cccc(Cn2c(=O)n(-c3ccc(N4CCOCC4)nc3)c3cc(Cl)ccc32)c1. The van der Waals surface area contributed by atoms with Crippen LogP contribution in [0.3, 0.4) is 0 Å². The monoisotopic (exact) mass is 464 g/mol. The number of carboxylic acids is 1. The molecule has 0 saturated carbocycles. The number of hydrogen-bond acceptors (Lipinski definition) is 5. The molecule has 0 aliphatic carbocycles. The van der Waals surface area contributed by atoms with Crippen molar-refractivity contribution in [2.24, 2.45) is 0 Å². The van der Waals surface area contributed by atoms with Gasteiger partial charge in [-0.2, -0.15) is 0 Å². The van der Waals surface area contributed by atoms with Gasteiger partial charge in [0, 0.05) is 18.1 Å². The summed E-state index contributed by atoms with van der Waals surface area (Å²) in [6, 6.07) is 15.6. The Morgan fingerprint density at radius 1 is 1.06 bits per heavy atom. The van der Waals surface area contributed by atoms with Crippen molar-refractivity contribution < 1.29 is 14.6 Å². The van der Waals surface area contributed by atoms with Crippen molar-refractivity contribution in [1.82, 2.24) is 14.1 Å². The molecule has 0 unspecified atom stereocenters. The molecule has 1 N–H and O–H groups in total. The predicted molar refractivity (Wildman–Crippen MR) is 126 cm³/mol. The van der Waals surface area contributed by atoms with Crippen LogP contribution in [-0.2, 0) is 11.3 Å². The summed E-state index contributed by atoms with van der Waals surface area (Å²) < 4.78 is 8.59. The minimum Gasteiger partial charge on any atom is -0.478 e. The molecule has 2 aromatic heterocycles.